The van der Waals surface area contributed by atoms with E-state index in [1.54, 1.807) is 18.2 Å². The molecule has 0 saturated heterocycles. The molecule has 1 aliphatic carbocycles. The van der Waals surface area contributed by atoms with Crippen LogP contribution in [0.3, 0.4) is 0 Å². The summed E-state index contributed by atoms with van der Waals surface area (Å²) >= 11 is 13.5. The molecular formula is C15H21Cl3N2OS. The number of carbonyl (C=O) groups excluding carboxylic acids is 1. The third-order valence-corrected chi connectivity index (χ3v) is 5.52. The number of hydrogen-bond donors (Lipinski definition) is 2. The first-order valence-electron chi connectivity index (χ1n) is 7.13. The van der Waals surface area contributed by atoms with Crippen molar-refractivity contribution < 1.29 is 4.79 Å². The highest BCUT2D eigenvalue weighted by molar-refractivity contribution is 8.00. The third kappa shape index (κ3) is 5.82. The standard InChI is InChI=1S/C15H20Cl2N2OS.ClH/c1-9(21-14-8-10(16)2-7-13(14)17)15(20)19-12-5-3-11(18)4-6-12;/h2,7-9,11-12H,3-6,18H2,1H3,(H,19,20);1H. The predicted molar refractivity (Wildman–Crippen MR) is 97.4 cm³/mol. The van der Waals surface area contributed by atoms with Gasteiger partial charge < -0.3 is 11.1 Å². The Balaban J connectivity index is 0.00000242. The number of hydrogen-bond acceptors (Lipinski definition) is 3. The lowest BCUT2D eigenvalue weighted by Crippen LogP contribution is -2.43. The van der Waals surface area contributed by atoms with Gasteiger partial charge in [0, 0.05) is 22.0 Å². The first-order valence-corrected chi connectivity index (χ1v) is 8.77. The molecule has 0 aliphatic heterocycles. The fourth-order valence-corrected chi connectivity index (χ4v) is 3.81. The maximum absolute atomic E-state index is 12.3. The molecule has 1 aromatic rings. The number of amides is 1. The number of thioether (sulfide) groups is 1. The Kier molecular flexibility index (Phi) is 8.36. The highest BCUT2D eigenvalue weighted by Crippen LogP contribution is 2.32. The third-order valence-electron chi connectivity index (χ3n) is 3.68. The number of carbonyl (C=O) groups is 1. The quantitative estimate of drug-likeness (QED) is 0.763. The van der Waals surface area contributed by atoms with Gasteiger partial charge in [0.25, 0.3) is 0 Å². The molecule has 1 aromatic carbocycles. The van der Waals surface area contributed by atoms with Gasteiger partial charge in [0.05, 0.1) is 10.3 Å². The molecule has 1 fully saturated rings. The van der Waals surface area contributed by atoms with Crippen molar-refractivity contribution in [3.05, 3.63) is 28.2 Å². The summed E-state index contributed by atoms with van der Waals surface area (Å²) in [5.74, 6) is 0.0384. The first kappa shape index (κ1) is 19.9. The lowest BCUT2D eigenvalue weighted by Gasteiger charge is -2.27. The van der Waals surface area contributed by atoms with E-state index in [0.717, 1.165) is 30.6 Å². The zero-order valence-electron chi connectivity index (χ0n) is 12.4. The van der Waals surface area contributed by atoms with Crippen molar-refractivity contribution in [3.8, 4) is 0 Å². The monoisotopic (exact) mass is 382 g/mol. The molecule has 1 aliphatic rings. The van der Waals surface area contributed by atoms with E-state index in [4.69, 9.17) is 28.9 Å². The lowest BCUT2D eigenvalue weighted by molar-refractivity contribution is -0.121. The summed E-state index contributed by atoms with van der Waals surface area (Å²) in [4.78, 5) is 13.1. The molecule has 22 heavy (non-hydrogen) atoms. The summed E-state index contributed by atoms with van der Waals surface area (Å²) in [6, 6.07) is 5.81. The number of halogens is 3. The van der Waals surface area contributed by atoms with Crippen LogP contribution < -0.4 is 11.1 Å². The molecule has 3 N–H and O–H groups in total. The molecule has 0 bridgehead atoms. The van der Waals surface area contributed by atoms with Crippen molar-refractivity contribution in [2.24, 2.45) is 5.73 Å². The molecule has 1 atom stereocenters. The fraction of sp³-hybridized carbons (Fsp3) is 0.533. The SMILES string of the molecule is CC(Sc1cc(Cl)ccc1Cl)C(=O)NC1CCC(N)CC1.Cl. The number of nitrogens with two attached hydrogens (primary N) is 1. The van der Waals surface area contributed by atoms with E-state index >= 15 is 0 Å². The smallest absolute Gasteiger partial charge is 0.233 e. The normalized spacial score (nSPS) is 22.5. The summed E-state index contributed by atoms with van der Waals surface area (Å²) in [6.07, 6.45) is 3.88. The zero-order valence-corrected chi connectivity index (χ0v) is 15.5. The second-order valence-corrected chi connectivity index (χ2v) is 7.68. The minimum atomic E-state index is -0.212. The summed E-state index contributed by atoms with van der Waals surface area (Å²) in [7, 11) is 0. The Hall–Kier alpha value is -0.130. The number of benzene rings is 1. The van der Waals surface area contributed by atoms with E-state index in [1.807, 2.05) is 6.92 Å². The van der Waals surface area contributed by atoms with Crippen LogP contribution >= 0.6 is 47.4 Å². The second-order valence-electron chi connectivity index (χ2n) is 5.46. The molecule has 0 spiro atoms. The van der Waals surface area contributed by atoms with E-state index in [0.29, 0.717) is 10.0 Å². The molecular weight excluding hydrogens is 363 g/mol. The first-order chi connectivity index (χ1) is 9.95. The van der Waals surface area contributed by atoms with Gasteiger partial charge in [-0.25, -0.2) is 0 Å². The maximum atomic E-state index is 12.3. The summed E-state index contributed by atoms with van der Waals surface area (Å²) in [5, 5.41) is 4.13. The minimum absolute atomic E-state index is 0. The van der Waals surface area contributed by atoms with Crippen molar-refractivity contribution in [1.82, 2.24) is 5.32 Å². The van der Waals surface area contributed by atoms with Crippen molar-refractivity contribution in [2.75, 3.05) is 0 Å². The highest BCUT2D eigenvalue weighted by Gasteiger charge is 2.23. The Morgan fingerprint density at radius 1 is 1.32 bits per heavy atom. The van der Waals surface area contributed by atoms with Gasteiger partial charge in [-0.2, -0.15) is 0 Å². The Morgan fingerprint density at radius 2 is 1.95 bits per heavy atom. The molecule has 2 rings (SSSR count). The topological polar surface area (TPSA) is 55.1 Å². The molecule has 7 heteroatoms. The molecule has 1 saturated carbocycles. The van der Waals surface area contributed by atoms with E-state index in [1.165, 1.54) is 11.8 Å². The largest absolute Gasteiger partial charge is 0.352 e. The van der Waals surface area contributed by atoms with Gasteiger partial charge in [-0.3, -0.25) is 4.79 Å². The van der Waals surface area contributed by atoms with Crippen LogP contribution in [0.15, 0.2) is 23.1 Å². The lowest BCUT2D eigenvalue weighted by atomic mass is 9.92. The zero-order chi connectivity index (χ0) is 15.4. The van der Waals surface area contributed by atoms with Gasteiger partial charge in [0.2, 0.25) is 5.91 Å². The maximum Gasteiger partial charge on any atom is 0.233 e. The Morgan fingerprint density at radius 3 is 2.59 bits per heavy atom. The number of nitrogens with one attached hydrogen (secondary N) is 1. The van der Waals surface area contributed by atoms with Crippen LogP contribution in [0.5, 0.6) is 0 Å². The average molecular weight is 384 g/mol. The Bertz CT molecular complexity index is 508. The highest BCUT2D eigenvalue weighted by atomic mass is 35.5. The molecule has 124 valence electrons. The molecule has 0 heterocycles. The van der Waals surface area contributed by atoms with Crippen molar-refractivity contribution >= 4 is 53.3 Å². The average Bonchev–Trinajstić information content (AvgIpc) is 2.45. The molecule has 3 nitrogen and oxygen atoms in total. The van der Waals surface area contributed by atoms with E-state index in [9.17, 15) is 4.79 Å². The van der Waals surface area contributed by atoms with E-state index in [-0.39, 0.29) is 35.6 Å². The summed E-state index contributed by atoms with van der Waals surface area (Å²) in [5.41, 5.74) is 5.88. The van der Waals surface area contributed by atoms with Crippen LogP contribution in [0.2, 0.25) is 10.0 Å². The summed E-state index contributed by atoms with van der Waals surface area (Å²) in [6.45, 7) is 1.88. The second kappa shape index (κ2) is 9.24. The van der Waals surface area contributed by atoms with E-state index < -0.39 is 0 Å². The van der Waals surface area contributed by atoms with Gasteiger partial charge in [-0.15, -0.1) is 24.2 Å². The van der Waals surface area contributed by atoms with Gasteiger partial charge in [0.15, 0.2) is 0 Å². The molecule has 0 aromatic heterocycles. The van der Waals surface area contributed by atoms with Crippen LogP contribution in [-0.4, -0.2) is 23.2 Å². The van der Waals surface area contributed by atoms with Crippen LogP contribution in [-0.2, 0) is 4.79 Å². The van der Waals surface area contributed by atoms with Gasteiger partial charge in [0.1, 0.15) is 0 Å². The van der Waals surface area contributed by atoms with Gasteiger partial charge in [-0.1, -0.05) is 23.2 Å². The van der Waals surface area contributed by atoms with Crippen molar-refractivity contribution in [3.63, 3.8) is 0 Å². The minimum Gasteiger partial charge on any atom is -0.352 e. The molecule has 1 unspecified atom stereocenters. The predicted octanol–water partition coefficient (Wildman–Crippen LogP) is 4.28. The van der Waals surface area contributed by atoms with Crippen LogP contribution in [0.1, 0.15) is 32.6 Å². The van der Waals surface area contributed by atoms with Gasteiger partial charge in [-0.05, 0) is 50.8 Å². The van der Waals surface area contributed by atoms with Crippen LogP contribution in [0.4, 0.5) is 0 Å². The van der Waals surface area contributed by atoms with E-state index in [2.05, 4.69) is 5.32 Å². The van der Waals surface area contributed by atoms with Gasteiger partial charge >= 0.3 is 0 Å². The summed E-state index contributed by atoms with van der Waals surface area (Å²) < 4.78 is 0. The molecule has 1 amide bonds. The fourth-order valence-electron chi connectivity index (χ4n) is 2.39. The van der Waals surface area contributed by atoms with Crippen LogP contribution in [0.25, 0.3) is 0 Å². The van der Waals surface area contributed by atoms with Crippen molar-refractivity contribution in [2.45, 2.75) is 54.8 Å². The Labute approximate surface area is 152 Å². The molecule has 0 radical (unpaired) electrons. The van der Waals surface area contributed by atoms with Crippen molar-refractivity contribution in [1.29, 1.82) is 0 Å². The number of rotatable bonds is 4. The van der Waals surface area contributed by atoms with Crippen LogP contribution in [0, 0.1) is 0 Å².